The van der Waals surface area contributed by atoms with Crippen molar-refractivity contribution >= 4 is 40.1 Å². The quantitative estimate of drug-likeness (QED) is 0.394. The van der Waals surface area contributed by atoms with Crippen LogP contribution in [-0.2, 0) is 4.79 Å². The fourth-order valence-electron chi connectivity index (χ4n) is 3.03. The first-order valence-corrected chi connectivity index (χ1v) is 11.0. The molecule has 0 unspecified atom stereocenters. The summed E-state index contributed by atoms with van der Waals surface area (Å²) in [5.74, 6) is -2.16. The maximum absolute atomic E-state index is 12.4. The standard InChI is InChI=1S/C20H19N5OS.C2HF3O2/c1-2-15(13-6-4-3-5-7-13)25-20(26)22-14-8-9-16-17(10-14)24-19(23-16)18-11-27-12-21-18;3-2(4,5)1(6)7/h3-12,15H,2H2,1H3,(H,23,24)(H2,22,25,26);(H,6,7)/t15-;/m1./s1. The van der Waals surface area contributed by atoms with E-state index in [9.17, 15) is 18.0 Å². The van der Waals surface area contributed by atoms with Crippen molar-refractivity contribution in [2.45, 2.75) is 25.6 Å². The molecule has 0 aliphatic carbocycles. The molecule has 12 heteroatoms. The molecule has 4 aromatic rings. The number of nitrogens with one attached hydrogen (secondary N) is 4. The van der Waals surface area contributed by atoms with Gasteiger partial charge in [-0.05, 0) is 24.1 Å². The zero-order valence-corrected chi connectivity index (χ0v) is 18.6. The van der Waals surface area contributed by atoms with Crippen molar-refractivity contribution in [3.63, 3.8) is 0 Å². The van der Waals surface area contributed by atoms with E-state index < -0.39 is 12.1 Å². The van der Waals surface area contributed by atoms with Gasteiger partial charge in [0, 0.05) is 17.1 Å². The van der Waals surface area contributed by atoms with Crippen molar-refractivity contribution in [1.29, 1.82) is 0 Å². The number of thiazole rings is 1. The molecule has 178 valence electrons. The van der Waals surface area contributed by atoms with Gasteiger partial charge in [0.25, 0.3) is 0 Å². The summed E-state index contributed by atoms with van der Waals surface area (Å²) < 4.78 is 31.5. The number of anilines is 1. The Kier molecular flexibility index (Phi) is 7.84. The Hall–Kier alpha value is -3.93. The summed E-state index contributed by atoms with van der Waals surface area (Å²) >= 11 is 1.55. The largest absolute Gasteiger partial charge is 0.542 e. The van der Waals surface area contributed by atoms with E-state index in [0.29, 0.717) is 0 Å². The first kappa shape index (κ1) is 24.7. The number of amides is 2. The molecule has 0 saturated heterocycles. The van der Waals surface area contributed by atoms with Crippen molar-refractivity contribution in [1.82, 2.24) is 15.3 Å². The smallest absolute Gasteiger partial charge is 0.430 e. The first-order chi connectivity index (χ1) is 16.2. The monoisotopic (exact) mass is 491 g/mol. The molecule has 8 nitrogen and oxygen atoms in total. The SMILES string of the molecule is CC[C@@H](NC(=O)Nc1ccc2[nH+]c(-c3cscn3)[nH]c2c1)c1ccccc1.O=C([O-])C(F)(F)F. The number of rotatable bonds is 5. The fraction of sp³-hybridized carbons (Fsp3) is 0.182. The third-order valence-electron chi connectivity index (χ3n) is 4.63. The topological polar surface area (TPSA) is 124 Å². The molecule has 0 aliphatic rings. The van der Waals surface area contributed by atoms with Crippen molar-refractivity contribution in [3.8, 4) is 11.5 Å². The normalized spacial score (nSPS) is 11.9. The number of halogens is 3. The number of hydrogen-bond acceptors (Lipinski definition) is 5. The summed E-state index contributed by atoms with van der Waals surface area (Å²) in [6.45, 7) is 2.05. The van der Waals surface area contributed by atoms with Crippen LogP contribution in [0.4, 0.5) is 23.7 Å². The number of aliphatic carboxylic acids is 1. The second kappa shape index (κ2) is 10.8. The maximum Gasteiger partial charge on any atom is 0.430 e. The van der Waals surface area contributed by atoms with E-state index in [1.807, 2.05) is 53.9 Å². The van der Waals surface area contributed by atoms with Gasteiger partial charge >= 0.3 is 18.0 Å². The molecule has 0 spiro atoms. The van der Waals surface area contributed by atoms with Crippen LogP contribution in [0.1, 0.15) is 24.9 Å². The van der Waals surface area contributed by atoms with Gasteiger partial charge in [-0.2, -0.15) is 13.2 Å². The second-order valence-electron chi connectivity index (χ2n) is 7.01. The van der Waals surface area contributed by atoms with E-state index in [4.69, 9.17) is 9.90 Å². The number of nitrogens with zero attached hydrogens (tertiary/aromatic N) is 1. The van der Waals surface area contributed by atoms with Crippen LogP contribution in [0.15, 0.2) is 59.4 Å². The van der Waals surface area contributed by atoms with Gasteiger partial charge in [-0.3, -0.25) is 0 Å². The number of carboxylic acids is 1. The first-order valence-electron chi connectivity index (χ1n) is 10.0. The Labute approximate surface area is 195 Å². The zero-order valence-electron chi connectivity index (χ0n) is 17.8. The van der Waals surface area contributed by atoms with Gasteiger partial charge in [0.05, 0.1) is 11.6 Å². The van der Waals surface area contributed by atoms with Crippen LogP contribution in [-0.4, -0.2) is 28.1 Å². The number of fused-ring (bicyclic) bond motifs is 1. The number of carboxylic acid groups (broad SMARTS) is 1. The Bertz CT molecular complexity index is 1240. The number of imidazole rings is 1. The fourth-order valence-corrected chi connectivity index (χ4v) is 3.57. The maximum atomic E-state index is 12.4. The molecule has 1 atom stereocenters. The van der Waals surface area contributed by atoms with Crippen molar-refractivity contribution in [3.05, 3.63) is 65.0 Å². The lowest BCUT2D eigenvalue weighted by molar-refractivity contribution is -0.344. The molecule has 2 heterocycles. The van der Waals surface area contributed by atoms with Gasteiger partial charge in [-0.1, -0.05) is 37.3 Å². The minimum Gasteiger partial charge on any atom is -0.542 e. The van der Waals surface area contributed by atoms with E-state index >= 15 is 0 Å². The summed E-state index contributed by atoms with van der Waals surface area (Å²) in [5, 5.41) is 16.7. The van der Waals surface area contributed by atoms with Crippen LogP contribution in [0.25, 0.3) is 22.6 Å². The Morgan fingerprint density at radius 2 is 1.91 bits per heavy atom. The molecule has 34 heavy (non-hydrogen) atoms. The van der Waals surface area contributed by atoms with E-state index in [1.165, 1.54) is 0 Å². The van der Waals surface area contributed by atoms with Crippen LogP contribution in [0.5, 0.6) is 0 Å². The third-order valence-corrected chi connectivity index (χ3v) is 5.22. The lowest BCUT2D eigenvalue weighted by Gasteiger charge is -2.17. The van der Waals surface area contributed by atoms with Gasteiger partial charge < -0.3 is 20.5 Å². The van der Waals surface area contributed by atoms with E-state index in [2.05, 4.69) is 32.5 Å². The Morgan fingerprint density at radius 3 is 2.50 bits per heavy atom. The highest BCUT2D eigenvalue weighted by Crippen LogP contribution is 2.20. The molecular weight excluding hydrogens is 471 g/mol. The predicted octanol–water partition coefficient (Wildman–Crippen LogP) is 3.68. The zero-order chi connectivity index (χ0) is 24.7. The summed E-state index contributed by atoms with van der Waals surface area (Å²) in [4.78, 5) is 32.1. The molecule has 0 radical (unpaired) electrons. The predicted molar refractivity (Wildman–Crippen MR) is 119 cm³/mol. The average molecular weight is 491 g/mol. The molecule has 2 aromatic carbocycles. The minimum absolute atomic E-state index is 0.0231. The van der Waals surface area contributed by atoms with Crippen LogP contribution in [0.3, 0.4) is 0 Å². The number of aromatic nitrogens is 3. The molecule has 2 aromatic heterocycles. The van der Waals surface area contributed by atoms with Crippen LogP contribution in [0, 0.1) is 0 Å². The lowest BCUT2D eigenvalue weighted by Crippen LogP contribution is -2.37. The summed E-state index contributed by atoms with van der Waals surface area (Å²) in [7, 11) is 0. The van der Waals surface area contributed by atoms with E-state index in [-0.39, 0.29) is 12.1 Å². The molecular formula is C22H20F3N5O3S. The minimum atomic E-state index is -5.19. The number of hydrogen-bond donors (Lipinski definition) is 3. The molecule has 0 bridgehead atoms. The number of urea groups is 1. The van der Waals surface area contributed by atoms with Crippen LogP contribution in [0.2, 0.25) is 0 Å². The number of H-pyrrole nitrogens is 2. The molecule has 0 fully saturated rings. The third kappa shape index (κ3) is 6.54. The van der Waals surface area contributed by atoms with Gasteiger partial charge in [-0.25, -0.2) is 19.7 Å². The molecule has 0 aliphatic heterocycles. The van der Waals surface area contributed by atoms with Crippen LogP contribution >= 0.6 is 11.3 Å². The molecule has 4 rings (SSSR count). The van der Waals surface area contributed by atoms with Gasteiger partial charge in [0.2, 0.25) is 0 Å². The van der Waals surface area contributed by atoms with Gasteiger partial charge in [-0.15, -0.1) is 11.3 Å². The van der Waals surface area contributed by atoms with Gasteiger partial charge in [0.1, 0.15) is 5.97 Å². The number of alkyl halides is 3. The number of aromatic amines is 2. The number of carbonyl (C=O) groups is 2. The highest BCUT2D eigenvalue weighted by atomic mass is 32.1. The summed E-state index contributed by atoms with van der Waals surface area (Å²) in [5.41, 5.74) is 6.35. The second-order valence-corrected chi connectivity index (χ2v) is 7.73. The molecule has 0 saturated carbocycles. The van der Waals surface area contributed by atoms with Crippen molar-refractivity contribution < 1.29 is 32.9 Å². The number of carbonyl (C=O) groups excluding carboxylic acids is 2. The number of benzene rings is 2. The lowest BCUT2D eigenvalue weighted by atomic mass is 10.1. The van der Waals surface area contributed by atoms with E-state index in [0.717, 1.165) is 40.2 Å². The van der Waals surface area contributed by atoms with Crippen molar-refractivity contribution in [2.24, 2.45) is 0 Å². The Balaban J connectivity index is 0.000000406. The Morgan fingerprint density at radius 1 is 1.21 bits per heavy atom. The van der Waals surface area contributed by atoms with Gasteiger partial charge in [0.15, 0.2) is 16.7 Å². The van der Waals surface area contributed by atoms with Crippen molar-refractivity contribution in [2.75, 3.05) is 5.32 Å². The average Bonchev–Trinajstić information content (AvgIpc) is 3.47. The summed E-state index contributed by atoms with van der Waals surface area (Å²) in [6.07, 6.45) is -4.38. The highest BCUT2D eigenvalue weighted by molar-refractivity contribution is 7.07. The molecule has 4 N–H and O–H groups in total. The van der Waals surface area contributed by atoms with Crippen LogP contribution < -0.4 is 20.7 Å². The summed E-state index contributed by atoms with van der Waals surface area (Å²) in [6, 6.07) is 15.5. The molecule has 2 amide bonds. The van der Waals surface area contributed by atoms with E-state index in [1.54, 1.807) is 16.8 Å². The highest BCUT2D eigenvalue weighted by Gasteiger charge is 2.28.